The number of aliphatic imine (C=N–C) groups is 1. The van der Waals surface area contributed by atoms with Gasteiger partial charge >= 0.3 is 0 Å². The summed E-state index contributed by atoms with van der Waals surface area (Å²) in [6.45, 7) is 4.24. The number of piperazine rings is 1. The number of rotatable bonds is 6. The van der Waals surface area contributed by atoms with E-state index in [1.54, 1.807) is 19.4 Å². The number of anilines is 1. The molecular formula is C19H28N8O. The molecule has 9 heteroatoms. The number of aryl methyl sites for hydroxylation is 1. The number of pyridine rings is 1. The summed E-state index contributed by atoms with van der Waals surface area (Å²) in [5.41, 5.74) is 1.06. The molecule has 0 saturated carbocycles. The van der Waals surface area contributed by atoms with Crippen molar-refractivity contribution in [1.29, 1.82) is 0 Å². The smallest absolute Gasteiger partial charge is 0.224 e. The molecular weight excluding hydrogens is 356 g/mol. The first-order valence-electron chi connectivity index (χ1n) is 9.52. The highest BCUT2D eigenvalue weighted by Gasteiger charge is 2.21. The first-order valence-corrected chi connectivity index (χ1v) is 9.52. The minimum Gasteiger partial charge on any atom is -0.356 e. The van der Waals surface area contributed by atoms with Crippen LogP contribution < -0.4 is 15.5 Å². The van der Waals surface area contributed by atoms with Gasteiger partial charge in [-0.2, -0.15) is 5.10 Å². The Balaban J connectivity index is 1.36. The first kappa shape index (κ1) is 19.7. The van der Waals surface area contributed by atoms with Gasteiger partial charge in [-0.25, -0.2) is 4.98 Å². The number of carbonyl (C=O) groups excluding carboxylic acids is 1. The molecule has 0 spiro atoms. The van der Waals surface area contributed by atoms with Crippen molar-refractivity contribution in [1.82, 2.24) is 30.3 Å². The van der Waals surface area contributed by atoms with Crippen molar-refractivity contribution in [2.75, 3.05) is 44.7 Å². The molecule has 0 bridgehead atoms. The maximum atomic E-state index is 12.5. The number of amides is 1. The molecule has 3 rings (SSSR count). The second-order valence-corrected chi connectivity index (χ2v) is 6.60. The van der Waals surface area contributed by atoms with Crippen LogP contribution >= 0.6 is 0 Å². The van der Waals surface area contributed by atoms with E-state index in [1.165, 1.54) is 0 Å². The molecule has 1 fully saturated rings. The molecule has 2 N–H and O–H groups in total. The van der Waals surface area contributed by atoms with Crippen molar-refractivity contribution < 1.29 is 4.79 Å². The van der Waals surface area contributed by atoms with Gasteiger partial charge in [-0.15, -0.1) is 0 Å². The third-order valence-electron chi connectivity index (χ3n) is 4.82. The molecule has 1 aliphatic heterocycles. The molecule has 2 aromatic heterocycles. The Morgan fingerprint density at radius 1 is 1.14 bits per heavy atom. The summed E-state index contributed by atoms with van der Waals surface area (Å²) in [4.78, 5) is 25.2. The Labute approximate surface area is 165 Å². The third kappa shape index (κ3) is 5.21. The first-order chi connectivity index (χ1) is 13.7. The van der Waals surface area contributed by atoms with Crippen LogP contribution in [0.5, 0.6) is 0 Å². The SMILES string of the molecule is CN=C(NCCC(=O)N1CCN(c2ccccn2)CC1)NCc1ccnn1C. The molecule has 1 aliphatic rings. The van der Waals surface area contributed by atoms with E-state index in [1.807, 2.05) is 40.9 Å². The van der Waals surface area contributed by atoms with Crippen LogP contribution in [0, 0.1) is 0 Å². The van der Waals surface area contributed by atoms with Gasteiger partial charge in [0.1, 0.15) is 5.82 Å². The summed E-state index contributed by atoms with van der Waals surface area (Å²) in [6, 6.07) is 7.86. The van der Waals surface area contributed by atoms with Gasteiger partial charge in [0.25, 0.3) is 0 Å². The lowest BCUT2D eigenvalue weighted by Crippen LogP contribution is -2.49. The molecule has 3 heterocycles. The molecule has 28 heavy (non-hydrogen) atoms. The normalized spacial score (nSPS) is 14.9. The second kappa shape index (κ2) is 9.72. The van der Waals surface area contributed by atoms with Gasteiger partial charge in [-0.05, 0) is 18.2 Å². The van der Waals surface area contributed by atoms with Gasteiger partial charge in [-0.1, -0.05) is 6.07 Å². The van der Waals surface area contributed by atoms with Gasteiger partial charge in [0.15, 0.2) is 5.96 Å². The number of carbonyl (C=O) groups is 1. The van der Waals surface area contributed by atoms with E-state index in [2.05, 4.69) is 30.6 Å². The van der Waals surface area contributed by atoms with Crippen LogP contribution in [0.3, 0.4) is 0 Å². The molecule has 1 saturated heterocycles. The number of nitrogens with zero attached hydrogens (tertiary/aromatic N) is 6. The Kier molecular flexibility index (Phi) is 6.83. The van der Waals surface area contributed by atoms with E-state index in [-0.39, 0.29) is 5.91 Å². The quantitative estimate of drug-likeness (QED) is 0.547. The summed E-state index contributed by atoms with van der Waals surface area (Å²) < 4.78 is 1.81. The van der Waals surface area contributed by atoms with E-state index in [0.717, 1.165) is 37.7 Å². The van der Waals surface area contributed by atoms with Gasteiger partial charge in [-0.3, -0.25) is 14.5 Å². The maximum absolute atomic E-state index is 12.5. The minimum atomic E-state index is 0.162. The van der Waals surface area contributed by atoms with Crippen LogP contribution in [0.4, 0.5) is 5.82 Å². The summed E-state index contributed by atoms with van der Waals surface area (Å²) in [5.74, 6) is 1.81. The number of guanidine groups is 1. The van der Waals surface area contributed by atoms with Crippen molar-refractivity contribution in [2.45, 2.75) is 13.0 Å². The fourth-order valence-electron chi connectivity index (χ4n) is 3.14. The lowest BCUT2D eigenvalue weighted by Gasteiger charge is -2.35. The molecule has 1 amide bonds. The highest BCUT2D eigenvalue weighted by Crippen LogP contribution is 2.12. The van der Waals surface area contributed by atoms with E-state index >= 15 is 0 Å². The average Bonchev–Trinajstić information content (AvgIpc) is 3.16. The number of hydrogen-bond donors (Lipinski definition) is 2. The fraction of sp³-hybridized carbons (Fsp3) is 0.474. The summed E-state index contributed by atoms with van der Waals surface area (Å²) >= 11 is 0. The van der Waals surface area contributed by atoms with E-state index in [9.17, 15) is 4.79 Å². The molecule has 150 valence electrons. The standard InChI is InChI=1S/C19H28N8O/c1-20-19(23-15-16-6-10-24-25(16)2)22-9-7-18(28)27-13-11-26(12-14-27)17-5-3-4-8-21-17/h3-6,8,10H,7,9,11-15H2,1-2H3,(H2,20,22,23). The predicted octanol–water partition coefficient (Wildman–Crippen LogP) is 0.219. The monoisotopic (exact) mass is 384 g/mol. The average molecular weight is 384 g/mol. The van der Waals surface area contributed by atoms with Crippen molar-refractivity contribution in [3.05, 3.63) is 42.4 Å². The zero-order valence-corrected chi connectivity index (χ0v) is 16.5. The van der Waals surface area contributed by atoms with Crippen molar-refractivity contribution in [3.63, 3.8) is 0 Å². The van der Waals surface area contributed by atoms with E-state index in [0.29, 0.717) is 25.5 Å². The fourth-order valence-corrected chi connectivity index (χ4v) is 3.14. The Morgan fingerprint density at radius 2 is 1.96 bits per heavy atom. The van der Waals surface area contributed by atoms with Crippen LogP contribution in [-0.4, -0.2) is 71.3 Å². The van der Waals surface area contributed by atoms with Crippen molar-refractivity contribution in [2.24, 2.45) is 12.0 Å². The van der Waals surface area contributed by atoms with Gasteiger partial charge in [0, 0.05) is 65.6 Å². The lowest BCUT2D eigenvalue weighted by molar-refractivity contribution is -0.131. The molecule has 0 unspecified atom stereocenters. The Bertz CT molecular complexity index is 780. The molecule has 0 radical (unpaired) electrons. The Morgan fingerprint density at radius 3 is 2.61 bits per heavy atom. The summed E-state index contributed by atoms with van der Waals surface area (Å²) in [7, 11) is 3.62. The van der Waals surface area contributed by atoms with Gasteiger partial charge in [0.05, 0.1) is 12.2 Å². The maximum Gasteiger partial charge on any atom is 0.224 e. The minimum absolute atomic E-state index is 0.162. The van der Waals surface area contributed by atoms with Crippen LogP contribution in [0.15, 0.2) is 41.7 Å². The van der Waals surface area contributed by atoms with Crippen LogP contribution in [0.1, 0.15) is 12.1 Å². The van der Waals surface area contributed by atoms with Gasteiger partial charge in [0.2, 0.25) is 5.91 Å². The number of hydrogen-bond acceptors (Lipinski definition) is 5. The summed E-state index contributed by atoms with van der Waals surface area (Å²) in [6.07, 6.45) is 4.00. The van der Waals surface area contributed by atoms with Crippen molar-refractivity contribution >= 4 is 17.7 Å². The zero-order chi connectivity index (χ0) is 19.8. The molecule has 0 aromatic carbocycles. The van der Waals surface area contributed by atoms with Crippen LogP contribution in [0.2, 0.25) is 0 Å². The van der Waals surface area contributed by atoms with Crippen LogP contribution in [0.25, 0.3) is 0 Å². The molecule has 2 aromatic rings. The third-order valence-corrected chi connectivity index (χ3v) is 4.82. The van der Waals surface area contributed by atoms with Crippen molar-refractivity contribution in [3.8, 4) is 0 Å². The number of aromatic nitrogens is 3. The van der Waals surface area contributed by atoms with E-state index in [4.69, 9.17) is 0 Å². The van der Waals surface area contributed by atoms with Gasteiger partial charge < -0.3 is 20.4 Å². The second-order valence-electron chi connectivity index (χ2n) is 6.60. The largest absolute Gasteiger partial charge is 0.356 e. The predicted molar refractivity (Wildman–Crippen MR) is 109 cm³/mol. The molecule has 0 aliphatic carbocycles. The highest BCUT2D eigenvalue weighted by atomic mass is 16.2. The van der Waals surface area contributed by atoms with E-state index < -0.39 is 0 Å². The zero-order valence-electron chi connectivity index (χ0n) is 16.5. The van der Waals surface area contributed by atoms with Crippen LogP contribution in [-0.2, 0) is 18.4 Å². The number of nitrogens with one attached hydrogen (secondary N) is 2. The Hall–Kier alpha value is -3.10. The summed E-state index contributed by atoms with van der Waals surface area (Å²) in [5, 5.41) is 10.6. The molecule has 9 nitrogen and oxygen atoms in total. The lowest BCUT2D eigenvalue weighted by atomic mass is 10.2. The molecule has 0 atom stereocenters. The highest BCUT2D eigenvalue weighted by molar-refractivity contribution is 5.81. The topological polar surface area (TPSA) is 90.7 Å².